The number of benzene rings is 2. The van der Waals surface area contributed by atoms with Crippen LogP contribution in [0.4, 0.5) is 0 Å². The van der Waals surface area contributed by atoms with Crippen LogP contribution in [0.3, 0.4) is 0 Å². The molecule has 2 aliphatic rings. The zero-order valence-corrected chi connectivity index (χ0v) is 17.7. The normalized spacial score (nSPS) is 26.4. The monoisotopic (exact) mass is 458 g/mol. The first-order valence-electron chi connectivity index (χ1n) is 10.2. The molecule has 10 nitrogen and oxygen atoms in total. The number of carbonyl (C=O) groups excluding carboxylic acids is 3. The van der Waals surface area contributed by atoms with Crippen molar-refractivity contribution >= 4 is 17.5 Å². The van der Waals surface area contributed by atoms with Crippen molar-refractivity contribution in [3.8, 4) is 11.5 Å². The minimum Gasteiger partial charge on any atom is -0.507 e. The number of hydrogen-bond donors (Lipinski definition) is 4. The fourth-order valence-electron chi connectivity index (χ4n) is 3.98. The fourth-order valence-corrected chi connectivity index (χ4v) is 3.98. The summed E-state index contributed by atoms with van der Waals surface area (Å²) in [7, 11) is 0. The summed E-state index contributed by atoms with van der Waals surface area (Å²) >= 11 is 0. The second-order valence-corrected chi connectivity index (χ2v) is 7.98. The molecule has 0 spiro atoms. The van der Waals surface area contributed by atoms with E-state index in [1.54, 1.807) is 6.92 Å². The van der Waals surface area contributed by atoms with Crippen LogP contribution in [0.1, 0.15) is 44.3 Å². The van der Waals surface area contributed by atoms with Gasteiger partial charge in [0, 0.05) is 18.1 Å². The first kappa shape index (κ1) is 22.9. The minimum atomic E-state index is -1.72. The topological polar surface area (TPSA) is 160 Å². The van der Waals surface area contributed by atoms with Gasteiger partial charge >= 0.3 is 5.97 Å². The summed E-state index contributed by atoms with van der Waals surface area (Å²) in [5, 5.41) is 41.0. The average molecular weight is 458 g/mol. The van der Waals surface area contributed by atoms with Gasteiger partial charge < -0.3 is 34.6 Å². The number of aromatic hydroxyl groups is 1. The summed E-state index contributed by atoms with van der Waals surface area (Å²) in [5.74, 6) is -2.26. The number of fused-ring (bicyclic) bond motifs is 2. The molecule has 1 heterocycles. The first-order chi connectivity index (χ1) is 15.6. The van der Waals surface area contributed by atoms with Crippen molar-refractivity contribution in [2.45, 2.75) is 44.6 Å². The van der Waals surface area contributed by atoms with Gasteiger partial charge in [0.2, 0.25) is 12.1 Å². The van der Waals surface area contributed by atoms with E-state index in [9.17, 15) is 34.8 Å². The van der Waals surface area contributed by atoms with E-state index in [1.807, 2.05) is 0 Å². The molecule has 0 saturated carbocycles. The maximum absolute atomic E-state index is 13.2. The van der Waals surface area contributed by atoms with Crippen molar-refractivity contribution < 1.29 is 49.0 Å². The average Bonchev–Trinajstić information content (AvgIpc) is 2.76. The van der Waals surface area contributed by atoms with E-state index in [4.69, 9.17) is 14.2 Å². The Morgan fingerprint density at radius 1 is 1.00 bits per heavy atom. The van der Waals surface area contributed by atoms with Crippen molar-refractivity contribution in [2.24, 2.45) is 0 Å². The van der Waals surface area contributed by atoms with Crippen molar-refractivity contribution in [1.82, 2.24) is 0 Å². The number of aryl methyl sites for hydroxylation is 1. The van der Waals surface area contributed by atoms with E-state index in [1.165, 1.54) is 30.3 Å². The molecule has 0 amide bonds. The zero-order chi connectivity index (χ0) is 24.0. The molecule has 10 heteroatoms. The van der Waals surface area contributed by atoms with Crippen LogP contribution in [0.15, 0.2) is 30.3 Å². The van der Waals surface area contributed by atoms with Crippen LogP contribution in [-0.4, -0.2) is 75.3 Å². The van der Waals surface area contributed by atoms with Gasteiger partial charge in [0.1, 0.15) is 42.5 Å². The SMILES string of the molecule is CC(=O)OC[C@H]1O[C@@H](Oc2cccc3c2C(=O)c2c(O)cc(C)cc2C3=O)[C@H](O)[C@@H](O)[C@@H]1O. The number of esters is 1. The molecule has 33 heavy (non-hydrogen) atoms. The van der Waals surface area contributed by atoms with Crippen molar-refractivity contribution in [3.63, 3.8) is 0 Å². The molecule has 0 aromatic heterocycles. The molecule has 1 aliphatic heterocycles. The predicted molar refractivity (Wildman–Crippen MR) is 110 cm³/mol. The Morgan fingerprint density at radius 2 is 1.73 bits per heavy atom. The Bertz CT molecular complexity index is 1140. The summed E-state index contributed by atoms with van der Waals surface area (Å²) in [6.07, 6.45) is -7.77. The summed E-state index contributed by atoms with van der Waals surface area (Å²) in [6, 6.07) is 7.15. The molecule has 4 N–H and O–H groups in total. The molecule has 4 rings (SSSR count). The molecule has 0 radical (unpaired) electrons. The van der Waals surface area contributed by atoms with E-state index in [-0.39, 0.29) is 33.8 Å². The number of carbonyl (C=O) groups is 3. The highest BCUT2D eigenvalue weighted by atomic mass is 16.7. The van der Waals surface area contributed by atoms with Gasteiger partial charge in [0.15, 0.2) is 5.78 Å². The van der Waals surface area contributed by atoms with Gasteiger partial charge in [-0.1, -0.05) is 12.1 Å². The Morgan fingerprint density at radius 3 is 2.42 bits per heavy atom. The van der Waals surface area contributed by atoms with Crippen molar-refractivity contribution in [2.75, 3.05) is 6.61 Å². The molecule has 174 valence electrons. The Balaban J connectivity index is 1.68. The Kier molecular flexibility index (Phi) is 5.93. The Labute approximate surface area is 187 Å². The fraction of sp³-hybridized carbons (Fsp3) is 0.348. The molecule has 5 atom stereocenters. The van der Waals surface area contributed by atoms with Gasteiger partial charge in [-0.05, 0) is 30.7 Å². The summed E-state index contributed by atoms with van der Waals surface area (Å²) in [4.78, 5) is 37.4. The molecule has 1 fully saturated rings. The lowest BCUT2D eigenvalue weighted by Gasteiger charge is -2.40. The number of phenols is 1. The van der Waals surface area contributed by atoms with Crippen LogP contribution >= 0.6 is 0 Å². The zero-order valence-electron chi connectivity index (χ0n) is 17.7. The van der Waals surface area contributed by atoms with E-state index in [0.29, 0.717) is 5.56 Å². The quantitative estimate of drug-likeness (QED) is 0.398. The number of phenolic OH excluding ortho intramolecular Hbond substituents is 1. The van der Waals surface area contributed by atoms with Gasteiger partial charge in [-0.25, -0.2) is 0 Å². The van der Waals surface area contributed by atoms with Crippen LogP contribution in [0.5, 0.6) is 11.5 Å². The van der Waals surface area contributed by atoms with E-state index in [0.717, 1.165) is 6.92 Å². The maximum atomic E-state index is 13.2. The van der Waals surface area contributed by atoms with Gasteiger partial charge in [-0.15, -0.1) is 0 Å². The number of ketones is 2. The van der Waals surface area contributed by atoms with Gasteiger partial charge in [-0.2, -0.15) is 0 Å². The number of ether oxygens (including phenoxy) is 3. The lowest BCUT2D eigenvalue weighted by Crippen LogP contribution is -2.60. The second-order valence-electron chi connectivity index (χ2n) is 7.98. The molecule has 1 aliphatic carbocycles. The van der Waals surface area contributed by atoms with Crippen LogP contribution in [0, 0.1) is 6.92 Å². The highest BCUT2D eigenvalue weighted by molar-refractivity contribution is 6.30. The highest BCUT2D eigenvalue weighted by Crippen LogP contribution is 2.38. The van der Waals surface area contributed by atoms with Crippen molar-refractivity contribution in [1.29, 1.82) is 0 Å². The van der Waals surface area contributed by atoms with Gasteiger partial charge in [0.05, 0.1) is 11.1 Å². The molecule has 0 bridgehead atoms. The standard InChI is InChI=1S/C23H22O10/c1-9-6-12-16(13(25)7-9)20(28)17-11(18(12)26)4-3-5-14(17)32-23-22(30)21(29)19(27)15(33-23)8-31-10(2)24/h3-7,15,19,21-23,25,27,29-30H,8H2,1-2H3/t15-,19-,21+,22-,23-/m1/s1. The molecule has 2 aromatic carbocycles. The lowest BCUT2D eigenvalue weighted by atomic mass is 9.82. The molecule has 2 aromatic rings. The third-order valence-corrected chi connectivity index (χ3v) is 5.59. The van der Waals surface area contributed by atoms with Crippen LogP contribution in [0.2, 0.25) is 0 Å². The van der Waals surface area contributed by atoms with E-state index >= 15 is 0 Å². The smallest absolute Gasteiger partial charge is 0.302 e. The maximum Gasteiger partial charge on any atom is 0.302 e. The summed E-state index contributed by atoms with van der Waals surface area (Å²) < 4.78 is 16.0. The number of hydrogen-bond acceptors (Lipinski definition) is 10. The predicted octanol–water partition coefficient (Wildman–Crippen LogP) is 0.226. The molecule has 0 unspecified atom stereocenters. The first-order valence-corrected chi connectivity index (χ1v) is 10.2. The minimum absolute atomic E-state index is 0.0392. The van der Waals surface area contributed by atoms with Crippen molar-refractivity contribution in [3.05, 3.63) is 58.1 Å². The third-order valence-electron chi connectivity index (χ3n) is 5.59. The van der Waals surface area contributed by atoms with E-state index < -0.39 is 54.8 Å². The number of aliphatic hydroxyl groups excluding tert-OH is 3. The van der Waals surface area contributed by atoms with Crippen LogP contribution in [-0.2, 0) is 14.3 Å². The third kappa shape index (κ3) is 3.98. The van der Waals surface area contributed by atoms with Crippen LogP contribution in [0.25, 0.3) is 0 Å². The van der Waals surface area contributed by atoms with Gasteiger partial charge in [0.25, 0.3) is 0 Å². The lowest BCUT2D eigenvalue weighted by molar-refractivity contribution is -0.278. The number of rotatable bonds is 4. The Hall–Kier alpha value is -3.31. The highest BCUT2D eigenvalue weighted by Gasteiger charge is 2.46. The molecular formula is C23H22O10. The summed E-state index contributed by atoms with van der Waals surface area (Å²) in [5.41, 5.74) is 0.409. The van der Waals surface area contributed by atoms with Gasteiger partial charge in [-0.3, -0.25) is 14.4 Å². The number of aliphatic hydroxyl groups is 3. The van der Waals surface area contributed by atoms with Crippen LogP contribution < -0.4 is 4.74 Å². The molecule has 1 saturated heterocycles. The summed E-state index contributed by atoms with van der Waals surface area (Å²) in [6.45, 7) is 2.42. The van der Waals surface area contributed by atoms with E-state index in [2.05, 4.69) is 0 Å². The largest absolute Gasteiger partial charge is 0.507 e. The molecular weight excluding hydrogens is 436 g/mol. The second kappa shape index (κ2) is 8.56.